The number of nitrogens with zero attached hydrogens (tertiary/aromatic N) is 1. The SMILES string of the molecule is CC(C)C(C(=O)N(C)CC(=O)NC1CC1)C(N)=S. The molecule has 0 aliphatic heterocycles. The average molecular weight is 271 g/mol. The minimum absolute atomic E-state index is 0.0314. The first kappa shape index (κ1) is 14.9. The third kappa shape index (κ3) is 4.25. The molecule has 0 spiro atoms. The highest BCUT2D eigenvalue weighted by molar-refractivity contribution is 7.80. The molecule has 1 atom stereocenters. The normalized spacial score (nSPS) is 16.2. The molecule has 0 aromatic rings. The Morgan fingerprint density at radius 2 is 2.00 bits per heavy atom. The summed E-state index contributed by atoms with van der Waals surface area (Å²) in [5.41, 5.74) is 5.58. The van der Waals surface area contributed by atoms with Gasteiger partial charge >= 0.3 is 0 Å². The van der Waals surface area contributed by atoms with Crippen molar-refractivity contribution < 1.29 is 9.59 Å². The van der Waals surface area contributed by atoms with Crippen LogP contribution >= 0.6 is 12.2 Å². The fraction of sp³-hybridized carbons (Fsp3) is 0.750. The van der Waals surface area contributed by atoms with Crippen LogP contribution in [0.4, 0.5) is 0 Å². The van der Waals surface area contributed by atoms with Crippen LogP contribution in [-0.2, 0) is 9.59 Å². The van der Waals surface area contributed by atoms with Crippen molar-refractivity contribution in [2.24, 2.45) is 17.6 Å². The third-order valence-corrected chi connectivity index (χ3v) is 3.19. The molecule has 1 fully saturated rings. The summed E-state index contributed by atoms with van der Waals surface area (Å²) in [6.07, 6.45) is 2.07. The molecule has 5 nitrogen and oxygen atoms in total. The molecule has 1 aliphatic carbocycles. The summed E-state index contributed by atoms with van der Waals surface area (Å²) in [4.78, 5) is 25.3. The molecule has 18 heavy (non-hydrogen) atoms. The number of carbonyl (C=O) groups excluding carboxylic acids is 2. The van der Waals surface area contributed by atoms with Gasteiger partial charge in [0.25, 0.3) is 0 Å². The zero-order chi connectivity index (χ0) is 13.9. The van der Waals surface area contributed by atoms with Gasteiger partial charge in [-0.1, -0.05) is 26.1 Å². The molecule has 1 aliphatic rings. The predicted molar refractivity (Wildman–Crippen MR) is 73.9 cm³/mol. The van der Waals surface area contributed by atoms with Crippen LogP contribution in [0.1, 0.15) is 26.7 Å². The van der Waals surface area contributed by atoms with E-state index in [0.29, 0.717) is 6.04 Å². The van der Waals surface area contributed by atoms with Crippen molar-refractivity contribution in [3.8, 4) is 0 Å². The van der Waals surface area contributed by atoms with E-state index in [9.17, 15) is 9.59 Å². The van der Waals surface area contributed by atoms with E-state index in [-0.39, 0.29) is 29.3 Å². The van der Waals surface area contributed by atoms with Crippen molar-refractivity contribution in [3.63, 3.8) is 0 Å². The number of rotatable bonds is 6. The van der Waals surface area contributed by atoms with E-state index >= 15 is 0 Å². The second-order valence-corrected chi connectivity index (χ2v) is 5.63. The van der Waals surface area contributed by atoms with E-state index in [1.165, 1.54) is 4.90 Å². The van der Waals surface area contributed by atoms with Gasteiger partial charge in [0.2, 0.25) is 11.8 Å². The summed E-state index contributed by atoms with van der Waals surface area (Å²) in [5.74, 6) is -0.787. The second kappa shape index (κ2) is 6.13. The highest BCUT2D eigenvalue weighted by atomic mass is 32.1. The molecule has 0 aromatic carbocycles. The zero-order valence-corrected chi connectivity index (χ0v) is 11.9. The Hall–Kier alpha value is -1.17. The van der Waals surface area contributed by atoms with Crippen molar-refractivity contribution >= 4 is 29.0 Å². The molecule has 2 amide bonds. The minimum atomic E-state index is -0.501. The first-order valence-electron chi connectivity index (χ1n) is 6.16. The van der Waals surface area contributed by atoms with Gasteiger partial charge in [0, 0.05) is 13.1 Å². The standard InChI is InChI=1S/C12H21N3O2S/c1-7(2)10(11(13)18)12(17)15(3)6-9(16)14-8-4-5-8/h7-8,10H,4-6H2,1-3H3,(H2,13,18)(H,14,16). The van der Waals surface area contributed by atoms with E-state index in [2.05, 4.69) is 5.32 Å². The number of nitrogens with one attached hydrogen (secondary N) is 1. The molecule has 0 bridgehead atoms. The van der Waals surface area contributed by atoms with Crippen LogP contribution in [0, 0.1) is 11.8 Å². The van der Waals surface area contributed by atoms with Crippen LogP contribution in [0.3, 0.4) is 0 Å². The predicted octanol–water partition coefficient (Wildman–Crippen LogP) is 0.282. The molecular weight excluding hydrogens is 250 g/mol. The summed E-state index contributed by atoms with van der Waals surface area (Å²) in [6.45, 7) is 3.83. The molecule has 0 saturated heterocycles. The van der Waals surface area contributed by atoms with E-state index in [4.69, 9.17) is 18.0 Å². The van der Waals surface area contributed by atoms with Gasteiger partial charge in [-0.15, -0.1) is 0 Å². The van der Waals surface area contributed by atoms with Gasteiger partial charge in [-0.05, 0) is 18.8 Å². The Kier molecular flexibility index (Phi) is 5.07. The van der Waals surface area contributed by atoms with Gasteiger partial charge in [-0.2, -0.15) is 0 Å². The molecule has 1 unspecified atom stereocenters. The van der Waals surface area contributed by atoms with Gasteiger partial charge in [0.15, 0.2) is 0 Å². The van der Waals surface area contributed by atoms with E-state index in [1.54, 1.807) is 7.05 Å². The van der Waals surface area contributed by atoms with Gasteiger partial charge < -0.3 is 16.0 Å². The van der Waals surface area contributed by atoms with Crippen LogP contribution in [0.25, 0.3) is 0 Å². The largest absolute Gasteiger partial charge is 0.393 e. The van der Waals surface area contributed by atoms with E-state index < -0.39 is 5.92 Å². The van der Waals surface area contributed by atoms with E-state index in [1.807, 2.05) is 13.8 Å². The molecule has 1 saturated carbocycles. The lowest BCUT2D eigenvalue weighted by Crippen LogP contribution is -2.45. The number of nitrogens with two attached hydrogens (primary N) is 1. The maximum Gasteiger partial charge on any atom is 0.239 e. The number of thiocarbonyl (C=S) groups is 1. The molecule has 0 aromatic heterocycles. The molecular formula is C12H21N3O2S. The van der Waals surface area contributed by atoms with Gasteiger partial charge in [-0.3, -0.25) is 9.59 Å². The molecule has 1 rings (SSSR count). The van der Waals surface area contributed by atoms with Crippen LogP contribution in [-0.4, -0.2) is 41.3 Å². The highest BCUT2D eigenvalue weighted by Crippen LogP contribution is 2.18. The lowest BCUT2D eigenvalue weighted by Gasteiger charge is -2.25. The maximum atomic E-state index is 12.1. The summed E-state index contributed by atoms with van der Waals surface area (Å²) in [5, 5.41) is 2.84. The van der Waals surface area contributed by atoms with Crippen molar-refractivity contribution in [1.82, 2.24) is 10.2 Å². The number of hydrogen-bond donors (Lipinski definition) is 2. The Balaban J connectivity index is 2.52. The average Bonchev–Trinajstić information content (AvgIpc) is 2.99. The monoisotopic (exact) mass is 271 g/mol. The third-order valence-electron chi connectivity index (χ3n) is 2.94. The van der Waals surface area contributed by atoms with E-state index in [0.717, 1.165) is 12.8 Å². The minimum Gasteiger partial charge on any atom is -0.393 e. The first-order chi connectivity index (χ1) is 8.32. The molecule has 102 valence electrons. The quantitative estimate of drug-likeness (QED) is 0.681. The fourth-order valence-electron chi connectivity index (χ4n) is 1.77. The summed E-state index contributed by atoms with van der Waals surface area (Å²) < 4.78 is 0. The maximum absolute atomic E-state index is 12.1. The smallest absolute Gasteiger partial charge is 0.239 e. The van der Waals surface area contributed by atoms with Crippen LogP contribution in [0.5, 0.6) is 0 Å². The molecule has 3 N–H and O–H groups in total. The number of hydrogen-bond acceptors (Lipinski definition) is 3. The van der Waals surface area contributed by atoms with Gasteiger partial charge in [0.05, 0.1) is 17.5 Å². The molecule has 0 radical (unpaired) electrons. The summed E-state index contributed by atoms with van der Waals surface area (Å²) >= 11 is 4.91. The van der Waals surface area contributed by atoms with Crippen LogP contribution in [0.15, 0.2) is 0 Å². The second-order valence-electron chi connectivity index (χ2n) is 5.16. The number of likely N-dealkylation sites (N-methyl/N-ethyl adjacent to an activating group) is 1. The number of carbonyl (C=O) groups is 2. The van der Waals surface area contributed by atoms with Crippen molar-refractivity contribution in [2.75, 3.05) is 13.6 Å². The number of amides is 2. The summed E-state index contributed by atoms with van der Waals surface area (Å²) in [6, 6.07) is 0.303. The fourth-order valence-corrected chi connectivity index (χ4v) is 2.14. The Bertz CT molecular complexity index is 353. The molecule has 0 heterocycles. The van der Waals surface area contributed by atoms with Gasteiger partial charge in [-0.25, -0.2) is 0 Å². The van der Waals surface area contributed by atoms with Crippen LogP contribution in [0.2, 0.25) is 0 Å². The van der Waals surface area contributed by atoms with Crippen molar-refractivity contribution in [3.05, 3.63) is 0 Å². The highest BCUT2D eigenvalue weighted by Gasteiger charge is 2.29. The van der Waals surface area contributed by atoms with Crippen molar-refractivity contribution in [1.29, 1.82) is 0 Å². The lowest BCUT2D eigenvalue weighted by atomic mass is 9.94. The van der Waals surface area contributed by atoms with Crippen LogP contribution < -0.4 is 11.1 Å². The molecule has 6 heteroatoms. The van der Waals surface area contributed by atoms with Gasteiger partial charge in [0.1, 0.15) is 0 Å². The Morgan fingerprint density at radius 1 is 1.44 bits per heavy atom. The topological polar surface area (TPSA) is 75.4 Å². The first-order valence-corrected chi connectivity index (χ1v) is 6.57. The Labute approximate surface area is 113 Å². The Morgan fingerprint density at radius 3 is 2.39 bits per heavy atom. The lowest BCUT2D eigenvalue weighted by molar-refractivity contribution is -0.137. The summed E-state index contributed by atoms with van der Waals surface area (Å²) in [7, 11) is 1.60. The zero-order valence-electron chi connectivity index (χ0n) is 11.1. The van der Waals surface area contributed by atoms with Crippen molar-refractivity contribution in [2.45, 2.75) is 32.7 Å².